The average Bonchev–Trinajstić information content (AvgIpc) is 3.03. The smallest absolute Gasteiger partial charge is 0.399 e. The first kappa shape index (κ1) is 17.4. The Bertz CT molecular complexity index is 726. The van der Waals surface area contributed by atoms with Crippen LogP contribution < -0.4 is 5.32 Å². The zero-order chi connectivity index (χ0) is 17.7. The van der Waals surface area contributed by atoms with E-state index >= 15 is 0 Å². The topological polar surface area (TPSA) is 89.6 Å². The van der Waals surface area contributed by atoms with Crippen molar-refractivity contribution in [2.45, 2.75) is 19.1 Å². The van der Waals surface area contributed by atoms with Gasteiger partial charge in [-0.15, -0.1) is 0 Å². The molecule has 128 valence electrons. The van der Waals surface area contributed by atoms with Gasteiger partial charge in [-0.05, 0) is 19.1 Å². The summed E-state index contributed by atoms with van der Waals surface area (Å²) in [5.41, 5.74) is 0.607. The first-order chi connectivity index (χ1) is 11.3. The summed E-state index contributed by atoms with van der Waals surface area (Å²) in [6.07, 6.45) is -3.30. The fourth-order valence-electron chi connectivity index (χ4n) is 1.71. The Balaban J connectivity index is 2.09. The van der Waals surface area contributed by atoms with Gasteiger partial charge in [0.15, 0.2) is 0 Å². The van der Waals surface area contributed by atoms with Crippen LogP contribution in [0.1, 0.15) is 23.2 Å². The van der Waals surface area contributed by atoms with Gasteiger partial charge in [-0.2, -0.15) is 18.2 Å². The number of benzene rings is 1. The van der Waals surface area contributed by atoms with Crippen molar-refractivity contribution in [3.63, 3.8) is 0 Å². The van der Waals surface area contributed by atoms with Crippen LogP contribution in [0.4, 0.5) is 13.2 Å². The average molecular weight is 342 g/mol. The van der Waals surface area contributed by atoms with Gasteiger partial charge in [-0.1, -0.05) is 22.4 Å². The summed E-state index contributed by atoms with van der Waals surface area (Å²) in [7, 11) is 1.38. The second-order valence-corrected chi connectivity index (χ2v) is 4.70. The molecule has 1 N–H and O–H groups in total. The SMILES string of the molecule is CO/N=C/C(C)NC(=O)c1ccc(-c2noc(C(F)(F)F)n2)cc1. The number of halogens is 3. The molecule has 1 amide bonds. The first-order valence-corrected chi connectivity index (χ1v) is 6.70. The van der Waals surface area contributed by atoms with Crippen LogP contribution in [-0.4, -0.2) is 35.4 Å². The van der Waals surface area contributed by atoms with Crippen molar-refractivity contribution >= 4 is 12.1 Å². The van der Waals surface area contributed by atoms with Crippen LogP contribution in [0.25, 0.3) is 11.4 Å². The number of oxime groups is 1. The lowest BCUT2D eigenvalue weighted by molar-refractivity contribution is -0.159. The van der Waals surface area contributed by atoms with Crippen molar-refractivity contribution in [2.24, 2.45) is 5.16 Å². The van der Waals surface area contributed by atoms with E-state index in [4.69, 9.17) is 0 Å². The van der Waals surface area contributed by atoms with Gasteiger partial charge in [0.1, 0.15) is 7.11 Å². The zero-order valence-corrected chi connectivity index (χ0v) is 12.7. The highest BCUT2D eigenvalue weighted by atomic mass is 19.4. The largest absolute Gasteiger partial charge is 0.471 e. The van der Waals surface area contributed by atoms with Crippen molar-refractivity contribution in [2.75, 3.05) is 7.11 Å². The zero-order valence-electron chi connectivity index (χ0n) is 12.7. The lowest BCUT2D eigenvalue weighted by Gasteiger charge is -2.08. The summed E-state index contributed by atoms with van der Waals surface area (Å²) < 4.78 is 41.4. The van der Waals surface area contributed by atoms with Gasteiger partial charge < -0.3 is 14.7 Å². The molecular weight excluding hydrogens is 329 g/mol. The van der Waals surface area contributed by atoms with Gasteiger partial charge >= 0.3 is 12.1 Å². The maximum atomic E-state index is 12.4. The molecule has 2 rings (SSSR count). The minimum absolute atomic E-state index is 0.213. The number of hydrogen-bond donors (Lipinski definition) is 1. The second-order valence-electron chi connectivity index (χ2n) is 4.70. The maximum absolute atomic E-state index is 12.4. The highest BCUT2D eigenvalue weighted by molar-refractivity contribution is 5.96. The summed E-state index contributed by atoms with van der Waals surface area (Å²) >= 11 is 0. The summed E-state index contributed by atoms with van der Waals surface area (Å²) in [6.45, 7) is 1.70. The number of carbonyl (C=O) groups excluding carboxylic acids is 1. The van der Waals surface area contributed by atoms with E-state index in [1.807, 2.05) is 0 Å². The quantitative estimate of drug-likeness (QED) is 0.666. The molecule has 0 saturated carbocycles. The molecule has 1 heterocycles. The van der Waals surface area contributed by atoms with Crippen LogP contribution in [0.3, 0.4) is 0 Å². The predicted octanol–water partition coefficient (Wildman–Crippen LogP) is 2.51. The van der Waals surface area contributed by atoms with Gasteiger partial charge in [0.25, 0.3) is 5.91 Å². The molecule has 0 aliphatic carbocycles. The van der Waals surface area contributed by atoms with E-state index in [2.05, 4.69) is 30.0 Å². The van der Waals surface area contributed by atoms with Crippen molar-refractivity contribution in [3.8, 4) is 11.4 Å². The number of rotatable bonds is 5. The van der Waals surface area contributed by atoms with Gasteiger partial charge in [-0.3, -0.25) is 4.79 Å². The molecule has 0 aliphatic rings. The minimum atomic E-state index is -4.70. The molecular formula is C14H13F3N4O3. The Labute approximate surface area is 134 Å². The summed E-state index contributed by atoms with van der Waals surface area (Å²) in [6, 6.07) is 5.37. The predicted molar refractivity (Wildman–Crippen MR) is 77.2 cm³/mol. The highest BCUT2D eigenvalue weighted by Crippen LogP contribution is 2.29. The molecule has 7 nitrogen and oxygen atoms in total. The van der Waals surface area contributed by atoms with Crippen LogP contribution in [0.5, 0.6) is 0 Å². The normalized spacial score (nSPS) is 13.0. The van der Waals surface area contributed by atoms with Gasteiger partial charge in [-0.25, -0.2) is 0 Å². The van der Waals surface area contributed by atoms with Crippen molar-refractivity contribution in [3.05, 3.63) is 35.7 Å². The Morgan fingerprint density at radius 2 is 2.04 bits per heavy atom. The number of nitrogens with one attached hydrogen (secondary N) is 1. The van der Waals surface area contributed by atoms with Crippen LogP contribution in [0.2, 0.25) is 0 Å². The molecule has 1 aromatic heterocycles. The number of amides is 1. The number of nitrogens with zero attached hydrogens (tertiary/aromatic N) is 3. The van der Waals surface area contributed by atoms with E-state index in [9.17, 15) is 18.0 Å². The second kappa shape index (κ2) is 7.11. The molecule has 24 heavy (non-hydrogen) atoms. The molecule has 0 radical (unpaired) electrons. The molecule has 0 bridgehead atoms. The number of aromatic nitrogens is 2. The van der Waals surface area contributed by atoms with Gasteiger partial charge in [0, 0.05) is 11.1 Å². The van der Waals surface area contributed by atoms with Crippen LogP contribution >= 0.6 is 0 Å². The van der Waals surface area contributed by atoms with Crippen LogP contribution in [0.15, 0.2) is 33.9 Å². The van der Waals surface area contributed by atoms with Crippen LogP contribution in [0, 0.1) is 0 Å². The molecule has 0 spiro atoms. The minimum Gasteiger partial charge on any atom is -0.399 e. The summed E-state index contributed by atoms with van der Waals surface area (Å²) in [5, 5.41) is 9.45. The maximum Gasteiger partial charge on any atom is 0.471 e. The Morgan fingerprint density at radius 3 is 2.58 bits per heavy atom. The van der Waals surface area contributed by atoms with E-state index in [1.54, 1.807) is 6.92 Å². The Morgan fingerprint density at radius 1 is 1.38 bits per heavy atom. The standard InChI is InChI=1S/C14H13F3N4O3/c1-8(7-18-23-2)19-12(22)10-5-3-9(4-6-10)11-20-13(24-21-11)14(15,16)17/h3-8H,1-2H3,(H,19,22)/b18-7+. The molecule has 1 unspecified atom stereocenters. The summed E-state index contributed by atoms with van der Waals surface area (Å²) in [5.74, 6) is -2.01. The lowest BCUT2D eigenvalue weighted by Crippen LogP contribution is -2.33. The van der Waals surface area contributed by atoms with Gasteiger partial charge in [0.05, 0.1) is 12.3 Å². The first-order valence-electron chi connectivity index (χ1n) is 6.70. The van der Waals surface area contributed by atoms with E-state index in [0.717, 1.165) is 0 Å². The molecule has 2 aromatic rings. The fourth-order valence-corrected chi connectivity index (χ4v) is 1.71. The van der Waals surface area contributed by atoms with E-state index in [1.165, 1.54) is 37.6 Å². The molecule has 0 aliphatic heterocycles. The molecule has 0 fully saturated rings. The van der Waals surface area contributed by atoms with Gasteiger partial charge in [0.2, 0.25) is 5.82 Å². The molecule has 1 aromatic carbocycles. The third kappa shape index (κ3) is 4.31. The molecule has 10 heteroatoms. The third-order valence-corrected chi connectivity index (χ3v) is 2.82. The van der Waals surface area contributed by atoms with E-state index in [-0.39, 0.29) is 17.8 Å². The van der Waals surface area contributed by atoms with Crippen molar-refractivity contribution < 1.29 is 27.3 Å². The van der Waals surface area contributed by atoms with E-state index < -0.39 is 12.1 Å². The lowest BCUT2D eigenvalue weighted by atomic mass is 10.1. The van der Waals surface area contributed by atoms with Crippen LogP contribution in [-0.2, 0) is 11.0 Å². The molecule has 0 saturated heterocycles. The highest BCUT2D eigenvalue weighted by Gasteiger charge is 2.38. The number of hydrogen-bond acceptors (Lipinski definition) is 6. The number of carbonyl (C=O) groups is 1. The monoisotopic (exact) mass is 342 g/mol. The molecule has 1 atom stereocenters. The Kier molecular flexibility index (Phi) is 5.17. The number of alkyl halides is 3. The third-order valence-electron chi connectivity index (χ3n) is 2.82. The van der Waals surface area contributed by atoms with Crippen molar-refractivity contribution in [1.29, 1.82) is 0 Å². The van der Waals surface area contributed by atoms with E-state index in [0.29, 0.717) is 11.1 Å². The van der Waals surface area contributed by atoms with Crippen molar-refractivity contribution in [1.82, 2.24) is 15.5 Å². The Hall–Kier alpha value is -2.91. The summed E-state index contributed by atoms with van der Waals surface area (Å²) in [4.78, 5) is 19.8. The fraction of sp³-hybridized carbons (Fsp3) is 0.286.